The predicted octanol–water partition coefficient (Wildman–Crippen LogP) is 5.52. The summed E-state index contributed by atoms with van der Waals surface area (Å²) in [5.74, 6) is -2.18. The van der Waals surface area contributed by atoms with Crippen LogP contribution in [0.15, 0.2) is 42.0 Å². The van der Waals surface area contributed by atoms with Gasteiger partial charge in [0.25, 0.3) is 11.8 Å². The molecule has 0 aliphatic carbocycles. The highest BCUT2D eigenvalue weighted by molar-refractivity contribution is 6.39. The maximum absolute atomic E-state index is 15.4. The van der Waals surface area contributed by atoms with Crippen molar-refractivity contribution in [2.45, 2.75) is 53.5 Å². The molecule has 0 saturated carbocycles. The van der Waals surface area contributed by atoms with Crippen LogP contribution in [0, 0.1) is 19.7 Å². The maximum Gasteiger partial charge on any atom is 0.335 e. The second-order valence-corrected chi connectivity index (χ2v) is 9.83. The highest BCUT2D eigenvalue weighted by atomic mass is 19.1. The van der Waals surface area contributed by atoms with Gasteiger partial charge in [-0.1, -0.05) is 19.1 Å². The molecule has 0 unspecified atom stereocenters. The molecule has 1 fully saturated rings. The summed E-state index contributed by atoms with van der Waals surface area (Å²) in [7, 11) is 0. The number of barbiturate groups is 1. The molecule has 1 N–H and O–H groups in total. The summed E-state index contributed by atoms with van der Waals surface area (Å²) in [5.41, 5.74) is 4.24. The van der Waals surface area contributed by atoms with Crippen molar-refractivity contribution in [3.63, 3.8) is 0 Å². The third kappa shape index (κ3) is 4.38. The molecular formula is C28H30FN3O3. The van der Waals surface area contributed by atoms with Crippen LogP contribution in [0.1, 0.15) is 56.4 Å². The van der Waals surface area contributed by atoms with Crippen molar-refractivity contribution in [1.29, 1.82) is 0 Å². The zero-order valence-electron chi connectivity index (χ0n) is 21.0. The molecule has 2 aromatic carbocycles. The maximum atomic E-state index is 15.4. The van der Waals surface area contributed by atoms with Gasteiger partial charge in [-0.15, -0.1) is 0 Å². The molecule has 182 valence electrons. The first-order valence-electron chi connectivity index (χ1n) is 11.7. The zero-order valence-corrected chi connectivity index (χ0v) is 21.0. The fourth-order valence-electron chi connectivity index (χ4n) is 4.98. The number of carbonyl (C=O) groups is 3. The summed E-state index contributed by atoms with van der Waals surface area (Å²) < 4.78 is 15.4. The minimum absolute atomic E-state index is 0.112. The van der Waals surface area contributed by atoms with E-state index in [9.17, 15) is 14.4 Å². The van der Waals surface area contributed by atoms with Gasteiger partial charge in [0.15, 0.2) is 0 Å². The van der Waals surface area contributed by atoms with Gasteiger partial charge in [-0.2, -0.15) is 0 Å². The number of urea groups is 1. The Morgan fingerprint density at radius 2 is 1.66 bits per heavy atom. The number of nitrogens with one attached hydrogen (secondary N) is 1. The number of hydrogen-bond acceptors (Lipinski definition) is 4. The molecule has 1 saturated heterocycles. The molecule has 2 heterocycles. The lowest BCUT2D eigenvalue weighted by atomic mass is 9.87. The van der Waals surface area contributed by atoms with Crippen LogP contribution in [0.3, 0.4) is 0 Å². The van der Waals surface area contributed by atoms with E-state index in [1.165, 1.54) is 12.1 Å². The highest BCUT2D eigenvalue weighted by Crippen LogP contribution is 2.40. The van der Waals surface area contributed by atoms with E-state index in [-0.39, 0.29) is 16.7 Å². The molecule has 35 heavy (non-hydrogen) atoms. The highest BCUT2D eigenvalue weighted by Gasteiger charge is 2.37. The fraction of sp³-hybridized carbons (Fsp3) is 0.321. The van der Waals surface area contributed by atoms with Crippen molar-refractivity contribution >= 4 is 40.9 Å². The Bertz CT molecular complexity index is 1300. The van der Waals surface area contributed by atoms with Gasteiger partial charge >= 0.3 is 6.03 Å². The van der Waals surface area contributed by atoms with Gasteiger partial charge in [-0.3, -0.25) is 14.9 Å². The summed E-state index contributed by atoms with van der Waals surface area (Å²) in [6, 6.07) is 7.60. The predicted molar refractivity (Wildman–Crippen MR) is 137 cm³/mol. The van der Waals surface area contributed by atoms with Crippen molar-refractivity contribution in [3.05, 3.63) is 70.1 Å². The number of aryl methyl sites for hydroxylation is 2. The number of anilines is 2. The van der Waals surface area contributed by atoms with Crippen LogP contribution in [0.25, 0.3) is 11.6 Å². The molecule has 2 aliphatic rings. The molecule has 0 atom stereocenters. The van der Waals surface area contributed by atoms with E-state index in [2.05, 4.69) is 37.1 Å². The number of rotatable bonds is 4. The first-order chi connectivity index (χ1) is 16.4. The number of carbonyl (C=O) groups excluding carboxylic acids is 3. The van der Waals surface area contributed by atoms with Crippen LogP contribution in [0.4, 0.5) is 20.6 Å². The molecule has 2 aromatic rings. The standard InChI is InChI=1S/C28H30FN3O3/c1-7-8-31-24-14-23(29)19(12-21(24)18(4)15-28(31,5)6)13-22-25(33)30-27(35)32(26(22)34)20-10-16(2)9-17(3)11-20/h9-15H,7-8H2,1-6H3,(H,30,33,35)/b22-13-. The fourth-order valence-corrected chi connectivity index (χ4v) is 4.98. The topological polar surface area (TPSA) is 69.7 Å². The Kier molecular flexibility index (Phi) is 6.13. The third-order valence-electron chi connectivity index (χ3n) is 6.41. The van der Waals surface area contributed by atoms with Crippen molar-refractivity contribution < 1.29 is 18.8 Å². The first kappa shape index (κ1) is 24.4. The second kappa shape index (κ2) is 8.80. The van der Waals surface area contributed by atoms with Crippen molar-refractivity contribution in [3.8, 4) is 0 Å². The van der Waals surface area contributed by atoms with Crippen LogP contribution in [-0.2, 0) is 9.59 Å². The quantitative estimate of drug-likeness (QED) is 0.467. The Balaban J connectivity index is 1.80. The lowest BCUT2D eigenvalue weighted by Crippen LogP contribution is -2.54. The van der Waals surface area contributed by atoms with E-state index in [4.69, 9.17) is 0 Å². The van der Waals surface area contributed by atoms with Gasteiger partial charge in [0, 0.05) is 23.4 Å². The number of fused-ring (bicyclic) bond motifs is 1. The molecule has 6 nitrogen and oxygen atoms in total. The van der Waals surface area contributed by atoms with Crippen LogP contribution < -0.4 is 15.1 Å². The molecule has 0 radical (unpaired) electrons. The minimum Gasteiger partial charge on any atom is -0.362 e. The van der Waals surface area contributed by atoms with Crippen LogP contribution >= 0.6 is 0 Å². The van der Waals surface area contributed by atoms with E-state index in [0.29, 0.717) is 5.69 Å². The lowest BCUT2D eigenvalue weighted by Gasteiger charge is -2.43. The number of nitrogens with zero attached hydrogens (tertiary/aromatic N) is 2. The van der Waals surface area contributed by atoms with Gasteiger partial charge in [0.2, 0.25) is 0 Å². The number of imide groups is 2. The lowest BCUT2D eigenvalue weighted by molar-refractivity contribution is -0.122. The average molecular weight is 476 g/mol. The molecule has 7 heteroatoms. The largest absolute Gasteiger partial charge is 0.362 e. The minimum atomic E-state index is -0.848. The molecule has 4 rings (SSSR count). The smallest absolute Gasteiger partial charge is 0.335 e. The van der Waals surface area contributed by atoms with Gasteiger partial charge in [0.05, 0.1) is 11.2 Å². The summed E-state index contributed by atoms with van der Waals surface area (Å²) in [4.78, 5) is 41.6. The number of halogens is 1. The molecule has 4 amide bonds. The van der Waals surface area contributed by atoms with Gasteiger partial charge < -0.3 is 4.90 Å². The van der Waals surface area contributed by atoms with Crippen LogP contribution in [-0.4, -0.2) is 29.9 Å². The summed E-state index contributed by atoms with van der Waals surface area (Å²) in [6.45, 7) is 12.7. The monoisotopic (exact) mass is 475 g/mol. The van der Waals surface area contributed by atoms with Crippen molar-refractivity contribution in [2.24, 2.45) is 0 Å². The van der Waals surface area contributed by atoms with E-state index in [0.717, 1.165) is 45.8 Å². The van der Waals surface area contributed by atoms with E-state index < -0.39 is 23.7 Å². The SMILES string of the molecule is CCCN1c2cc(F)c(/C=C3/C(=O)NC(=O)N(c4cc(C)cc(C)c4)C3=O)cc2C(C)=CC1(C)C. The Labute approximate surface area is 205 Å². The van der Waals surface area contributed by atoms with E-state index in [1.54, 1.807) is 18.2 Å². The number of allylic oxidation sites excluding steroid dienone is 1. The summed E-state index contributed by atoms with van der Waals surface area (Å²) >= 11 is 0. The second-order valence-electron chi connectivity index (χ2n) is 9.83. The Morgan fingerprint density at radius 1 is 1.00 bits per heavy atom. The number of benzene rings is 2. The molecule has 2 aliphatic heterocycles. The normalized spacial score (nSPS) is 18.5. The van der Waals surface area contributed by atoms with Crippen molar-refractivity contribution in [1.82, 2.24) is 5.32 Å². The number of hydrogen-bond donors (Lipinski definition) is 1. The Morgan fingerprint density at radius 3 is 2.29 bits per heavy atom. The Hall–Kier alpha value is -3.74. The zero-order chi connectivity index (χ0) is 25.7. The van der Waals surface area contributed by atoms with Gasteiger partial charge in [0.1, 0.15) is 11.4 Å². The van der Waals surface area contributed by atoms with Crippen molar-refractivity contribution in [2.75, 3.05) is 16.3 Å². The summed E-state index contributed by atoms with van der Waals surface area (Å²) in [6.07, 6.45) is 4.27. The summed E-state index contributed by atoms with van der Waals surface area (Å²) in [5, 5.41) is 2.21. The van der Waals surface area contributed by atoms with Gasteiger partial charge in [-0.05, 0) is 88.1 Å². The van der Waals surface area contributed by atoms with Crippen LogP contribution in [0.5, 0.6) is 0 Å². The molecule has 0 spiro atoms. The number of amides is 4. The van der Waals surface area contributed by atoms with E-state index >= 15 is 4.39 Å². The molecule has 0 bridgehead atoms. The molecular weight excluding hydrogens is 445 g/mol. The van der Waals surface area contributed by atoms with Gasteiger partial charge in [-0.25, -0.2) is 14.1 Å². The third-order valence-corrected chi connectivity index (χ3v) is 6.41. The average Bonchev–Trinajstić information content (AvgIpc) is 2.73. The van der Waals surface area contributed by atoms with Crippen LogP contribution in [0.2, 0.25) is 0 Å². The molecule has 0 aromatic heterocycles. The first-order valence-corrected chi connectivity index (χ1v) is 11.7. The van der Waals surface area contributed by atoms with E-state index in [1.807, 2.05) is 26.8 Å².